The summed E-state index contributed by atoms with van der Waals surface area (Å²) in [5.74, 6) is -0.122. The number of H-pyrrole nitrogens is 1. The summed E-state index contributed by atoms with van der Waals surface area (Å²) < 4.78 is 27.9. The van der Waals surface area contributed by atoms with Gasteiger partial charge in [0.05, 0.1) is 11.4 Å². The number of carbonyl (C=O) groups is 1. The highest BCUT2D eigenvalue weighted by molar-refractivity contribution is 7.89. The van der Waals surface area contributed by atoms with Gasteiger partial charge in [-0.1, -0.05) is 6.07 Å². The number of likely N-dealkylation sites (tertiary alicyclic amines) is 1. The number of hydrogen-bond donors (Lipinski definition) is 2. The molecule has 1 saturated heterocycles. The van der Waals surface area contributed by atoms with Crippen LogP contribution in [0.15, 0.2) is 29.3 Å². The van der Waals surface area contributed by atoms with Gasteiger partial charge in [-0.05, 0) is 38.8 Å². The normalized spacial score (nSPS) is 16.2. The van der Waals surface area contributed by atoms with Crippen LogP contribution in [-0.2, 0) is 10.0 Å². The summed E-state index contributed by atoms with van der Waals surface area (Å²) in [6.07, 6.45) is 2.71. The lowest BCUT2D eigenvalue weighted by molar-refractivity contribution is 0.0705. The summed E-state index contributed by atoms with van der Waals surface area (Å²) in [7, 11) is -3.63. The molecule has 3 rings (SSSR count). The summed E-state index contributed by atoms with van der Waals surface area (Å²) in [5, 5.41) is 6.63. The molecule has 1 aliphatic heterocycles. The van der Waals surface area contributed by atoms with Crippen molar-refractivity contribution in [3.63, 3.8) is 0 Å². The Hall–Kier alpha value is -2.26. The van der Waals surface area contributed by atoms with Gasteiger partial charge in [0.2, 0.25) is 10.0 Å². The number of sulfonamides is 1. The fourth-order valence-electron chi connectivity index (χ4n) is 3.07. The van der Waals surface area contributed by atoms with Crippen LogP contribution in [0.4, 0.5) is 0 Å². The van der Waals surface area contributed by atoms with Gasteiger partial charge < -0.3 is 4.90 Å². The first-order valence-electron chi connectivity index (χ1n) is 8.12. The molecule has 0 aliphatic carbocycles. The van der Waals surface area contributed by atoms with Gasteiger partial charge in [-0.3, -0.25) is 14.9 Å². The van der Waals surface area contributed by atoms with Gasteiger partial charge in [0.15, 0.2) is 0 Å². The number of nitrogens with one attached hydrogen (secondary N) is 2. The highest BCUT2D eigenvalue weighted by Crippen LogP contribution is 2.20. The molecule has 0 aromatic carbocycles. The van der Waals surface area contributed by atoms with Crippen molar-refractivity contribution in [3.05, 3.63) is 41.5 Å². The van der Waals surface area contributed by atoms with E-state index in [1.54, 1.807) is 43.1 Å². The highest BCUT2D eigenvalue weighted by atomic mass is 32.2. The van der Waals surface area contributed by atoms with E-state index >= 15 is 0 Å². The fourth-order valence-corrected chi connectivity index (χ4v) is 4.74. The highest BCUT2D eigenvalue weighted by Gasteiger charge is 2.29. The van der Waals surface area contributed by atoms with Gasteiger partial charge in [-0.15, -0.1) is 0 Å². The fraction of sp³-hybridized carbons (Fsp3) is 0.438. The van der Waals surface area contributed by atoms with E-state index < -0.39 is 10.0 Å². The zero-order valence-electron chi connectivity index (χ0n) is 14.2. The van der Waals surface area contributed by atoms with E-state index in [2.05, 4.69) is 19.9 Å². The lowest BCUT2D eigenvalue weighted by Crippen LogP contribution is -2.46. The Morgan fingerprint density at radius 2 is 2.00 bits per heavy atom. The summed E-state index contributed by atoms with van der Waals surface area (Å²) in [4.78, 5) is 18.4. The number of carbonyl (C=O) groups excluding carboxylic acids is 1. The van der Waals surface area contributed by atoms with Gasteiger partial charge in [0.25, 0.3) is 5.91 Å². The number of aryl methyl sites for hydroxylation is 2. The zero-order chi connectivity index (χ0) is 18.0. The average Bonchev–Trinajstić information content (AvgIpc) is 2.95. The van der Waals surface area contributed by atoms with Crippen molar-refractivity contribution in [3.8, 4) is 0 Å². The van der Waals surface area contributed by atoms with Crippen LogP contribution in [0.25, 0.3) is 0 Å². The van der Waals surface area contributed by atoms with Crippen LogP contribution in [0, 0.1) is 13.8 Å². The number of aromatic amines is 1. The quantitative estimate of drug-likeness (QED) is 0.843. The van der Waals surface area contributed by atoms with Gasteiger partial charge >= 0.3 is 0 Å². The lowest BCUT2D eigenvalue weighted by atomic mass is 10.1. The van der Waals surface area contributed by atoms with Crippen molar-refractivity contribution in [1.82, 2.24) is 24.8 Å². The van der Waals surface area contributed by atoms with E-state index in [1.807, 2.05) is 0 Å². The molecule has 134 valence electrons. The number of rotatable bonds is 4. The summed E-state index contributed by atoms with van der Waals surface area (Å²) >= 11 is 0. The first-order valence-corrected chi connectivity index (χ1v) is 9.61. The summed E-state index contributed by atoms with van der Waals surface area (Å²) in [5.41, 5.74) is 1.38. The van der Waals surface area contributed by atoms with E-state index in [0.717, 1.165) is 0 Å². The maximum atomic E-state index is 12.6. The van der Waals surface area contributed by atoms with Gasteiger partial charge in [0.1, 0.15) is 10.6 Å². The molecule has 0 radical (unpaired) electrons. The molecule has 0 unspecified atom stereocenters. The molecule has 8 nitrogen and oxygen atoms in total. The topological polar surface area (TPSA) is 108 Å². The van der Waals surface area contributed by atoms with Crippen LogP contribution in [0.5, 0.6) is 0 Å². The second-order valence-corrected chi connectivity index (χ2v) is 7.82. The predicted molar refractivity (Wildman–Crippen MR) is 91.5 cm³/mol. The van der Waals surface area contributed by atoms with Crippen LogP contribution in [0.3, 0.4) is 0 Å². The monoisotopic (exact) mass is 363 g/mol. The molecule has 0 bridgehead atoms. The third-order valence-corrected chi connectivity index (χ3v) is 6.10. The molecule has 3 heterocycles. The summed E-state index contributed by atoms with van der Waals surface area (Å²) in [6.45, 7) is 4.33. The molecular weight excluding hydrogens is 342 g/mol. The standard InChI is InChI=1S/C16H21N5O3S/c1-11-15(12(2)19-18-11)25(23,24)20-13-6-9-21(10-7-13)16(22)14-5-3-4-8-17-14/h3-5,8,13,20H,6-7,9-10H2,1-2H3,(H,18,19). The number of nitrogens with zero attached hydrogens (tertiary/aromatic N) is 3. The van der Waals surface area contributed by atoms with E-state index in [0.29, 0.717) is 43.0 Å². The molecule has 1 fully saturated rings. The van der Waals surface area contributed by atoms with Crippen LogP contribution in [0.2, 0.25) is 0 Å². The minimum absolute atomic E-state index is 0.122. The molecule has 1 amide bonds. The third-order valence-electron chi connectivity index (χ3n) is 4.32. The number of pyridine rings is 1. The molecule has 25 heavy (non-hydrogen) atoms. The molecule has 2 N–H and O–H groups in total. The Morgan fingerprint density at radius 1 is 1.28 bits per heavy atom. The average molecular weight is 363 g/mol. The SMILES string of the molecule is Cc1n[nH]c(C)c1S(=O)(=O)NC1CCN(C(=O)c2ccccn2)CC1. The lowest BCUT2D eigenvalue weighted by Gasteiger charge is -2.32. The van der Waals surface area contributed by atoms with E-state index in [-0.39, 0.29) is 16.8 Å². The smallest absolute Gasteiger partial charge is 0.272 e. The maximum absolute atomic E-state index is 12.6. The molecule has 1 aliphatic rings. The summed E-state index contributed by atoms with van der Waals surface area (Å²) in [6, 6.07) is 5.02. The van der Waals surface area contributed by atoms with Gasteiger partial charge in [0, 0.05) is 25.3 Å². The minimum atomic E-state index is -3.63. The molecular formula is C16H21N5O3S. The van der Waals surface area contributed by atoms with Crippen molar-refractivity contribution in [2.45, 2.75) is 37.6 Å². The Labute approximate surface area is 146 Å². The number of piperidine rings is 1. The Balaban J connectivity index is 1.62. The maximum Gasteiger partial charge on any atom is 0.272 e. The number of aromatic nitrogens is 3. The molecule has 9 heteroatoms. The Morgan fingerprint density at radius 3 is 2.56 bits per heavy atom. The molecule has 2 aromatic rings. The Kier molecular flexibility index (Phi) is 4.87. The second-order valence-electron chi connectivity index (χ2n) is 6.17. The number of hydrogen-bond acceptors (Lipinski definition) is 5. The van der Waals surface area contributed by atoms with E-state index in [9.17, 15) is 13.2 Å². The molecule has 0 atom stereocenters. The molecule has 0 saturated carbocycles. The van der Waals surface area contributed by atoms with Crippen molar-refractivity contribution < 1.29 is 13.2 Å². The van der Waals surface area contributed by atoms with Gasteiger partial charge in [-0.25, -0.2) is 13.1 Å². The second kappa shape index (κ2) is 6.93. The first kappa shape index (κ1) is 17.6. The zero-order valence-corrected chi connectivity index (χ0v) is 15.0. The number of amides is 1. The van der Waals surface area contributed by atoms with Crippen molar-refractivity contribution >= 4 is 15.9 Å². The van der Waals surface area contributed by atoms with Crippen LogP contribution >= 0.6 is 0 Å². The Bertz CT molecular complexity index is 836. The van der Waals surface area contributed by atoms with Crippen LogP contribution < -0.4 is 4.72 Å². The first-order chi connectivity index (χ1) is 11.9. The van der Waals surface area contributed by atoms with Crippen molar-refractivity contribution in [2.24, 2.45) is 0 Å². The van der Waals surface area contributed by atoms with Crippen LogP contribution in [0.1, 0.15) is 34.7 Å². The van der Waals surface area contributed by atoms with Crippen LogP contribution in [-0.4, -0.2) is 53.5 Å². The predicted octanol–water partition coefficient (Wildman–Crippen LogP) is 1.00. The minimum Gasteiger partial charge on any atom is -0.337 e. The molecule has 0 spiro atoms. The van der Waals surface area contributed by atoms with Crippen molar-refractivity contribution in [1.29, 1.82) is 0 Å². The third kappa shape index (κ3) is 3.72. The van der Waals surface area contributed by atoms with E-state index in [1.165, 1.54) is 0 Å². The largest absolute Gasteiger partial charge is 0.337 e. The molecule has 2 aromatic heterocycles. The van der Waals surface area contributed by atoms with Gasteiger partial charge in [-0.2, -0.15) is 5.10 Å². The van der Waals surface area contributed by atoms with E-state index in [4.69, 9.17) is 0 Å². The van der Waals surface area contributed by atoms with Crippen molar-refractivity contribution in [2.75, 3.05) is 13.1 Å².